The van der Waals surface area contributed by atoms with E-state index >= 15 is 0 Å². The number of nitrogens with zero attached hydrogens (tertiary/aromatic N) is 2. The number of nitrogen functional groups attached to an aromatic ring is 1. The number of benzene rings is 2. The summed E-state index contributed by atoms with van der Waals surface area (Å²) in [5, 5.41) is 29.3. The van der Waals surface area contributed by atoms with E-state index in [2.05, 4.69) is 4.99 Å². The molecule has 2 aromatic carbocycles. The van der Waals surface area contributed by atoms with Crippen LogP contribution in [0.25, 0.3) is 0 Å². The fourth-order valence-electron chi connectivity index (χ4n) is 2.00. The van der Waals surface area contributed by atoms with Gasteiger partial charge < -0.3 is 15.9 Å². The van der Waals surface area contributed by atoms with Crippen molar-refractivity contribution in [3.63, 3.8) is 0 Å². The number of aromatic carboxylic acids is 2. The third kappa shape index (κ3) is 3.35. The van der Waals surface area contributed by atoms with E-state index in [1.165, 1.54) is 6.21 Å². The third-order valence-corrected chi connectivity index (χ3v) is 3.07. The highest BCUT2D eigenvalue weighted by atomic mass is 16.6. The van der Waals surface area contributed by atoms with Gasteiger partial charge in [0.15, 0.2) is 5.56 Å². The summed E-state index contributed by atoms with van der Waals surface area (Å²) in [7, 11) is 0. The summed E-state index contributed by atoms with van der Waals surface area (Å²) in [5.41, 5.74) is 3.98. The molecule has 0 radical (unpaired) electrons. The lowest BCUT2D eigenvalue weighted by atomic mass is 10.0. The summed E-state index contributed by atoms with van der Waals surface area (Å²) < 4.78 is 0. The topological polar surface area (TPSA) is 156 Å². The Kier molecular flexibility index (Phi) is 4.55. The van der Waals surface area contributed by atoms with Gasteiger partial charge in [-0.25, -0.2) is 9.59 Å². The molecule has 24 heavy (non-hydrogen) atoms. The normalized spacial score (nSPS) is 10.7. The average Bonchev–Trinajstić information content (AvgIpc) is 2.52. The van der Waals surface area contributed by atoms with Crippen LogP contribution in [0.1, 0.15) is 26.3 Å². The molecule has 9 heteroatoms. The monoisotopic (exact) mass is 329 g/mol. The van der Waals surface area contributed by atoms with Crippen molar-refractivity contribution < 1.29 is 24.7 Å². The van der Waals surface area contributed by atoms with Crippen LogP contribution in [-0.4, -0.2) is 33.3 Å². The Morgan fingerprint density at radius 2 is 1.62 bits per heavy atom. The molecule has 9 nitrogen and oxygen atoms in total. The predicted octanol–water partition coefficient (Wildman–Crippen LogP) is 2.32. The third-order valence-electron chi connectivity index (χ3n) is 3.07. The van der Waals surface area contributed by atoms with Gasteiger partial charge in [-0.3, -0.25) is 15.1 Å². The lowest BCUT2D eigenvalue weighted by Crippen LogP contribution is -2.11. The summed E-state index contributed by atoms with van der Waals surface area (Å²) in [6.07, 6.45) is 1.30. The molecule has 0 saturated heterocycles. The molecular weight excluding hydrogens is 318 g/mol. The highest BCUT2D eigenvalue weighted by molar-refractivity contribution is 6.08. The van der Waals surface area contributed by atoms with Crippen LogP contribution in [0, 0.1) is 10.1 Å². The van der Waals surface area contributed by atoms with E-state index in [-0.39, 0.29) is 5.69 Å². The summed E-state index contributed by atoms with van der Waals surface area (Å²) in [6, 6.07) is 8.47. The van der Waals surface area contributed by atoms with Crippen molar-refractivity contribution in [1.29, 1.82) is 0 Å². The zero-order valence-electron chi connectivity index (χ0n) is 12.0. The lowest BCUT2D eigenvalue weighted by Gasteiger charge is -2.06. The summed E-state index contributed by atoms with van der Waals surface area (Å²) in [5.74, 6) is -3.34. The van der Waals surface area contributed by atoms with Gasteiger partial charge >= 0.3 is 11.9 Å². The summed E-state index contributed by atoms with van der Waals surface area (Å²) in [4.78, 5) is 36.6. The van der Waals surface area contributed by atoms with Crippen molar-refractivity contribution in [2.45, 2.75) is 0 Å². The fourth-order valence-corrected chi connectivity index (χ4v) is 2.00. The van der Waals surface area contributed by atoms with Crippen molar-refractivity contribution in [3.05, 3.63) is 63.2 Å². The molecule has 0 fully saturated rings. The SMILES string of the molecule is Nc1ccc(C=Nc2ccc([N+](=O)[O-])c(C(=O)O)c2C(=O)O)cc1. The number of carboxylic acids is 2. The molecule has 0 saturated carbocycles. The quantitative estimate of drug-likeness (QED) is 0.329. The Hall–Kier alpha value is -3.75. The number of nitro groups is 1. The van der Waals surface area contributed by atoms with Gasteiger partial charge in [0.25, 0.3) is 5.69 Å². The first kappa shape index (κ1) is 16.6. The van der Waals surface area contributed by atoms with E-state index in [9.17, 15) is 24.8 Å². The number of carboxylic acid groups (broad SMARTS) is 2. The number of nitrogens with two attached hydrogens (primary N) is 1. The minimum atomic E-state index is -1.72. The number of rotatable bonds is 5. The van der Waals surface area contributed by atoms with Crippen molar-refractivity contribution in [1.82, 2.24) is 0 Å². The smallest absolute Gasteiger partial charge is 0.343 e. The van der Waals surface area contributed by atoms with Gasteiger partial charge in [0, 0.05) is 18.0 Å². The number of hydrogen-bond donors (Lipinski definition) is 3. The van der Waals surface area contributed by atoms with Crippen LogP contribution >= 0.6 is 0 Å². The average molecular weight is 329 g/mol. The van der Waals surface area contributed by atoms with Gasteiger partial charge in [-0.05, 0) is 23.8 Å². The number of aliphatic imine (C=N–C) groups is 1. The maximum atomic E-state index is 11.4. The van der Waals surface area contributed by atoms with Crippen molar-refractivity contribution in [2.75, 3.05) is 5.73 Å². The van der Waals surface area contributed by atoms with Crippen molar-refractivity contribution in [3.8, 4) is 0 Å². The largest absolute Gasteiger partial charge is 0.478 e. The minimum Gasteiger partial charge on any atom is -0.478 e. The van der Waals surface area contributed by atoms with Gasteiger partial charge in [0.1, 0.15) is 5.56 Å². The van der Waals surface area contributed by atoms with Gasteiger partial charge in [0.05, 0.1) is 10.6 Å². The molecule has 0 spiro atoms. The molecule has 0 atom stereocenters. The van der Waals surface area contributed by atoms with E-state index in [0.29, 0.717) is 11.3 Å². The number of anilines is 1. The minimum absolute atomic E-state index is 0.206. The molecule has 122 valence electrons. The Bertz CT molecular complexity index is 858. The molecule has 0 amide bonds. The summed E-state index contributed by atoms with van der Waals surface area (Å²) in [6.45, 7) is 0. The first-order valence-corrected chi connectivity index (χ1v) is 6.49. The Morgan fingerprint density at radius 3 is 2.12 bits per heavy atom. The van der Waals surface area contributed by atoms with E-state index < -0.39 is 33.7 Å². The molecule has 0 aliphatic carbocycles. The van der Waals surface area contributed by atoms with Crippen LogP contribution in [-0.2, 0) is 0 Å². The molecule has 2 aromatic rings. The van der Waals surface area contributed by atoms with E-state index in [0.717, 1.165) is 12.1 Å². The second-order valence-corrected chi connectivity index (χ2v) is 4.65. The molecule has 0 bridgehead atoms. The molecule has 0 unspecified atom stereocenters. The Balaban J connectivity index is 2.60. The number of nitro benzene ring substituents is 1. The van der Waals surface area contributed by atoms with Crippen LogP contribution in [0.4, 0.5) is 17.1 Å². The maximum absolute atomic E-state index is 11.4. The first-order valence-electron chi connectivity index (χ1n) is 6.49. The first-order chi connectivity index (χ1) is 11.3. The van der Waals surface area contributed by atoms with Gasteiger partial charge in [-0.15, -0.1) is 0 Å². The van der Waals surface area contributed by atoms with Crippen LogP contribution in [0.3, 0.4) is 0 Å². The van der Waals surface area contributed by atoms with Crippen molar-refractivity contribution >= 4 is 35.2 Å². The van der Waals surface area contributed by atoms with Crippen molar-refractivity contribution in [2.24, 2.45) is 4.99 Å². The molecule has 0 heterocycles. The molecule has 0 aliphatic heterocycles. The van der Waals surface area contributed by atoms with Crippen LogP contribution in [0.5, 0.6) is 0 Å². The van der Waals surface area contributed by atoms with E-state index in [4.69, 9.17) is 10.8 Å². The molecule has 4 N–H and O–H groups in total. The van der Waals surface area contributed by atoms with Crippen LogP contribution in [0.15, 0.2) is 41.4 Å². The van der Waals surface area contributed by atoms with Gasteiger partial charge in [-0.2, -0.15) is 0 Å². The second kappa shape index (κ2) is 6.57. The molecule has 0 aromatic heterocycles. The summed E-state index contributed by atoms with van der Waals surface area (Å²) >= 11 is 0. The number of hydrogen-bond acceptors (Lipinski definition) is 6. The Morgan fingerprint density at radius 1 is 1.04 bits per heavy atom. The van der Waals surface area contributed by atoms with E-state index in [1.807, 2.05) is 0 Å². The zero-order chi connectivity index (χ0) is 17.9. The fraction of sp³-hybridized carbons (Fsp3) is 0. The Labute approximate surface area is 134 Å². The van der Waals surface area contributed by atoms with Crippen LogP contribution in [0.2, 0.25) is 0 Å². The van der Waals surface area contributed by atoms with Crippen LogP contribution < -0.4 is 5.73 Å². The molecular formula is C15H11N3O6. The predicted molar refractivity (Wildman–Crippen MR) is 85.1 cm³/mol. The highest BCUT2D eigenvalue weighted by Crippen LogP contribution is 2.31. The van der Waals surface area contributed by atoms with Gasteiger partial charge in [-0.1, -0.05) is 12.1 Å². The molecule has 2 rings (SSSR count). The van der Waals surface area contributed by atoms with Gasteiger partial charge in [0.2, 0.25) is 0 Å². The number of carbonyl (C=O) groups is 2. The zero-order valence-corrected chi connectivity index (χ0v) is 12.0. The maximum Gasteiger partial charge on any atom is 0.343 e. The standard InChI is InChI=1S/C15H11N3O6/c16-9-3-1-8(2-4-9)7-17-10-5-6-11(18(23)24)13(15(21)22)12(10)14(19)20/h1-7H,16H2,(H,19,20)(H,21,22). The molecule has 0 aliphatic rings. The highest BCUT2D eigenvalue weighted by Gasteiger charge is 2.29. The second-order valence-electron chi connectivity index (χ2n) is 4.65. The lowest BCUT2D eigenvalue weighted by molar-refractivity contribution is -0.385. The van der Waals surface area contributed by atoms with E-state index in [1.54, 1.807) is 24.3 Å².